The Bertz CT molecular complexity index is 498. The molecule has 0 atom stereocenters. The lowest BCUT2D eigenvalue weighted by molar-refractivity contribution is -0.119. The maximum absolute atomic E-state index is 11.8. The van der Waals surface area contributed by atoms with Gasteiger partial charge in [0, 0.05) is 23.7 Å². The molecule has 2 amide bonds. The van der Waals surface area contributed by atoms with Crippen molar-refractivity contribution < 1.29 is 9.59 Å². The molecular formula is C16H25N3O2. The number of carbonyl (C=O) groups is 2. The van der Waals surface area contributed by atoms with Gasteiger partial charge in [-0.1, -0.05) is 26.8 Å². The zero-order valence-electron chi connectivity index (χ0n) is 13.0. The average molecular weight is 291 g/mol. The van der Waals surface area contributed by atoms with Crippen LogP contribution < -0.4 is 16.4 Å². The molecule has 0 fully saturated rings. The summed E-state index contributed by atoms with van der Waals surface area (Å²) in [5.41, 5.74) is 7.89. The number of aryl methyl sites for hydroxylation is 1. The molecule has 1 rings (SSSR count). The normalized spacial score (nSPS) is 10.5. The topological polar surface area (TPSA) is 84.2 Å². The number of hydrogen-bond donors (Lipinski definition) is 3. The third-order valence-electron chi connectivity index (χ3n) is 3.16. The van der Waals surface area contributed by atoms with E-state index in [-0.39, 0.29) is 17.7 Å². The van der Waals surface area contributed by atoms with Crippen molar-refractivity contribution in [2.24, 2.45) is 11.7 Å². The predicted molar refractivity (Wildman–Crippen MR) is 86.2 cm³/mol. The van der Waals surface area contributed by atoms with Gasteiger partial charge >= 0.3 is 0 Å². The predicted octanol–water partition coefficient (Wildman–Crippen LogP) is 2.52. The molecule has 116 valence electrons. The fraction of sp³-hybridized carbons (Fsp3) is 0.500. The smallest absolute Gasteiger partial charge is 0.226 e. The second-order valence-corrected chi connectivity index (χ2v) is 5.31. The van der Waals surface area contributed by atoms with Gasteiger partial charge < -0.3 is 16.4 Å². The first-order chi connectivity index (χ1) is 9.97. The summed E-state index contributed by atoms with van der Waals surface area (Å²) in [6, 6.07) is 5.59. The van der Waals surface area contributed by atoms with Gasteiger partial charge in [0.15, 0.2) is 0 Å². The van der Waals surface area contributed by atoms with Crippen molar-refractivity contribution in [1.29, 1.82) is 0 Å². The molecule has 0 saturated carbocycles. The van der Waals surface area contributed by atoms with Crippen molar-refractivity contribution in [2.45, 2.75) is 40.0 Å². The van der Waals surface area contributed by atoms with E-state index in [2.05, 4.69) is 10.6 Å². The fourth-order valence-corrected chi connectivity index (χ4v) is 1.84. The van der Waals surface area contributed by atoms with Crippen LogP contribution in [-0.2, 0) is 16.0 Å². The Morgan fingerprint density at radius 3 is 2.52 bits per heavy atom. The largest absolute Gasteiger partial charge is 0.330 e. The maximum atomic E-state index is 11.8. The molecular weight excluding hydrogens is 266 g/mol. The summed E-state index contributed by atoms with van der Waals surface area (Å²) in [5, 5.41) is 5.73. The molecule has 4 N–H and O–H groups in total. The minimum Gasteiger partial charge on any atom is -0.330 e. The van der Waals surface area contributed by atoms with Crippen LogP contribution in [0, 0.1) is 5.92 Å². The van der Waals surface area contributed by atoms with Crippen molar-refractivity contribution in [3.63, 3.8) is 0 Å². The van der Waals surface area contributed by atoms with Crippen LogP contribution in [0.2, 0.25) is 0 Å². The third kappa shape index (κ3) is 5.55. The lowest BCUT2D eigenvalue weighted by Crippen LogP contribution is -2.18. The van der Waals surface area contributed by atoms with Crippen molar-refractivity contribution in [1.82, 2.24) is 0 Å². The number of nitrogens with two attached hydrogens (primary N) is 1. The van der Waals surface area contributed by atoms with Crippen LogP contribution in [0.1, 0.15) is 39.2 Å². The van der Waals surface area contributed by atoms with E-state index >= 15 is 0 Å². The third-order valence-corrected chi connectivity index (χ3v) is 3.16. The van der Waals surface area contributed by atoms with E-state index in [4.69, 9.17) is 5.73 Å². The van der Waals surface area contributed by atoms with Gasteiger partial charge in [0.1, 0.15) is 0 Å². The van der Waals surface area contributed by atoms with Gasteiger partial charge in [-0.15, -0.1) is 0 Å². The average Bonchev–Trinajstić information content (AvgIpc) is 2.45. The lowest BCUT2D eigenvalue weighted by atomic mass is 10.1. The Morgan fingerprint density at radius 2 is 1.95 bits per heavy atom. The SMILES string of the molecule is CCc1ccc(NC(=O)C(C)C)cc1NC(=O)CCCN. The van der Waals surface area contributed by atoms with Gasteiger partial charge in [0.05, 0.1) is 0 Å². The Labute approximate surface area is 126 Å². The zero-order valence-corrected chi connectivity index (χ0v) is 13.0. The first-order valence-electron chi connectivity index (χ1n) is 7.41. The summed E-state index contributed by atoms with van der Waals surface area (Å²) in [7, 11) is 0. The Hall–Kier alpha value is -1.88. The van der Waals surface area contributed by atoms with Gasteiger partial charge in [-0.3, -0.25) is 9.59 Å². The minimum atomic E-state index is -0.0848. The molecule has 0 aliphatic heterocycles. The van der Waals surface area contributed by atoms with E-state index in [1.165, 1.54) is 0 Å². The maximum Gasteiger partial charge on any atom is 0.226 e. The fourth-order valence-electron chi connectivity index (χ4n) is 1.84. The summed E-state index contributed by atoms with van der Waals surface area (Å²) in [6.45, 7) is 6.20. The summed E-state index contributed by atoms with van der Waals surface area (Å²) >= 11 is 0. The molecule has 0 heterocycles. The van der Waals surface area contributed by atoms with Crippen LogP contribution in [0.4, 0.5) is 11.4 Å². The molecule has 0 aliphatic carbocycles. The minimum absolute atomic E-state index is 0.0420. The summed E-state index contributed by atoms with van der Waals surface area (Å²) in [4.78, 5) is 23.6. The Balaban J connectivity index is 2.85. The van der Waals surface area contributed by atoms with Crippen LogP contribution in [0.25, 0.3) is 0 Å². The molecule has 0 bridgehead atoms. The lowest BCUT2D eigenvalue weighted by Gasteiger charge is -2.13. The van der Waals surface area contributed by atoms with Crippen LogP contribution >= 0.6 is 0 Å². The van der Waals surface area contributed by atoms with Crippen molar-refractivity contribution in [2.75, 3.05) is 17.2 Å². The molecule has 0 aliphatic rings. The van der Waals surface area contributed by atoms with Gasteiger partial charge in [-0.25, -0.2) is 0 Å². The molecule has 0 unspecified atom stereocenters. The Kier molecular flexibility index (Phi) is 6.88. The molecule has 1 aromatic rings. The number of nitrogens with one attached hydrogen (secondary N) is 2. The number of hydrogen-bond acceptors (Lipinski definition) is 3. The Morgan fingerprint density at radius 1 is 1.24 bits per heavy atom. The molecule has 0 spiro atoms. The number of rotatable bonds is 7. The molecule has 0 saturated heterocycles. The monoisotopic (exact) mass is 291 g/mol. The molecule has 5 nitrogen and oxygen atoms in total. The summed E-state index contributed by atoms with van der Waals surface area (Å²) in [5.74, 6) is -0.180. The van der Waals surface area contributed by atoms with Crippen molar-refractivity contribution >= 4 is 23.2 Å². The number of anilines is 2. The van der Waals surface area contributed by atoms with Gasteiger partial charge in [-0.2, -0.15) is 0 Å². The first-order valence-corrected chi connectivity index (χ1v) is 7.41. The van der Waals surface area contributed by atoms with E-state index in [9.17, 15) is 9.59 Å². The van der Waals surface area contributed by atoms with Crippen LogP contribution in [-0.4, -0.2) is 18.4 Å². The molecule has 0 radical (unpaired) electrons. The number of carbonyl (C=O) groups excluding carboxylic acids is 2. The first kappa shape index (κ1) is 17.2. The summed E-state index contributed by atoms with van der Waals surface area (Å²) < 4.78 is 0. The number of amides is 2. The van der Waals surface area contributed by atoms with Crippen molar-refractivity contribution in [3.8, 4) is 0 Å². The highest BCUT2D eigenvalue weighted by Crippen LogP contribution is 2.22. The summed E-state index contributed by atoms with van der Waals surface area (Å²) in [6.07, 6.45) is 1.88. The van der Waals surface area contributed by atoms with Crippen molar-refractivity contribution in [3.05, 3.63) is 23.8 Å². The molecule has 5 heteroatoms. The highest BCUT2D eigenvalue weighted by atomic mass is 16.2. The molecule has 1 aromatic carbocycles. The number of benzene rings is 1. The highest BCUT2D eigenvalue weighted by Gasteiger charge is 2.10. The zero-order chi connectivity index (χ0) is 15.8. The van der Waals surface area contributed by atoms with E-state index in [1.807, 2.05) is 32.9 Å². The second-order valence-electron chi connectivity index (χ2n) is 5.31. The second kappa shape index (κ2) is 8.42. The van der Waals surface area contributed by atoms with Gasteiger partial charge in [0.2, 0.25) is 11.8 Å². The quantitative estimate of drug-likeness (QED) is 0.721. The van der Waals surface area contributed by atoms with Gasteiger partial charge in [0.25, 0.3) is 0 Å². The van der Waals surface area contributed by atoms with E-state index in [0.29, 0.717) is 25.1 Å². The molecule has 21 heavy (non-hydrogen) atoms. The van der Waals surface area contributed by atoms with Crippen LogP contribution in [0.15, 0.2) is 18.2 Å². The highest BCUT2D eigenvalue weighted by molar-refractivity contribution is 5.95. The standard InChI is InChI=1S/C16H25N3O2/c1-4-12-7-8-13(18-16(21)11(2)3)10-14(12)19-15(20)6-5-9-17/h7-8,10-11H,4-6,9,17H2,1-3H3,(H,18,21)(H,19,20). The van der Waals surface area contributed by atoms with Gasteiger partial charge in [-0.05, 0) is 37.1 Å². The molecule has 0 aromatic heterocycles. The van der Waals surface area contributed by atoms with E-state index in [0.717, 1.165) is 17.7 Å². The van der Waals surface area contributed by atoms with E-state index < -0.39 is 0 Å². The van der Waals surface area contributed by atoms with Crippen LogP contribution in [0.3, 0.4) is 0 Å². The van der Waals surface area contributed by atoms with Crippen LogP contribution in [0.5, 0.6) is 0 Å². The van der Waals surface area contributed by atoms with E-state index in [1.54, 1.807) is 6.07 Å².